The Balaban J connectivity index is 1.77. The van der Waals surface area contributed by atoms with Crippen LogP contribution in [0, 0.1) is 0 Å². The molecule has 1 atom stereocenters. The van der Waals surface area contributed by atoms with Gasteiger partial charge in [-0.3, -0.25) is 9.59 Å². The molecule has 0 bridgehead atoms. The molecule has 3 aromatic rings. The van der Waals surface area contributed by atoms with Gasteiger partial charge in [-0.25, -0.2) is 4.98 Å². The van der Waals surface area contributed by atoms with Crippen molar-refractivity contribution in [2.24, 2.45) is 0 Å². The van der Waals surface area contributed by atoms with Crippen LogP contribution in [0.3, 0.4) is 0 Å². The lowest BCUT2D eigenvalue weighted by Gasteiger charge is -2.26. The molecule has 34 heavy (non-hydrogen) atoms. The summed E-state index contributed by atoms with van der Waals surface area (Å²) >= 11 is 3.37. The fourth-order valence-electron chi connectivity index (χ4n) is 4.09. The molecule has 1 N–H and O–H groups in total. The van der Waals surface area contributed by atoms with Crippen LogP contribution in [0.1, 0.15) is 23.6 Å². The van der Waals surface area contributed by atoms with Crippen molar-refractivity contribution in [3.63, 3.8) is 0 Å². The number of aliphatic hydroxyl groups is 1. The van der Waals surface area contributed by atoms with Gasteiger partial charge in [-0.2, -0.15) is 0 Å². The van der Waals surface area contributed by atoms with E-state index in [2.05, 4.69) is 20.9 Å². The Bertz CT molecular complexity index is 1220. The molecular formula is C25H24BrN3O5. The number of carbonyl (C=O) groups is 2. The number of aromatic nitrogens is 2. The number of hydrogen-bond donors (Lipinski definition) is 1. The molecule has 0 radical (unpaired) electrons. The molecule has 2 aromatic carbocycles. The SMILES string of the molecule is COc1ccc([C@H]2C(=C(O)c3ccc(Br)cc3)C(=O)C(=O)N2CCCn2ccnc2)cc1OC. The molecule has 1 aromatic heterocycles. The van der Waals surface area contributed by atoms with E-state index >= 15 is 0 Å². The molecule has 1 aliphatic heterocycles. The maximum absolute atomic E-state index is 13.2. The van der Waals surface area contributed by atoms with Crippen molar-refractivity contribution < 1.29 is 24.2 Å². The highest BCUT2D eigenvalue weighted by molar-refractivity contribution is 9.10. The first kappa shape index (κ1) is 23.6. The predicted octanol–water partition coefficient (Wildman–Crippen LogP) is 4.17. The molecule has 0 unspecified atom stereocenters. The van der Waals surface area contributed by atoms with Gasteiger partial charge in [0.05, 0.1) is 32.2 Å². The number of benzene rings is 2. The summed E-state index contributed by atoms with van der Waals surface area (Å²) < 4.78 is 13.5. The van der Waals surface area contributed by atoms with Gasteiger partial charge >= 0.3 is 0 Å². The fraction of sp³-hybridized carbons (Fsp3) is 0.240. The van der Waals surface area contributed by atoms with Gasteiger partial charge in [0.25, 0.3) is 11.7 Å². The number of likely N-dealkylation sites (tertiary alicyclic amines) is 1. The number of nitrogens with zero attached hydrogens (tertiary/aromatic N) is 3. The maximum atomic E-state index is 13.2. The standard InChI is InChI=1S/C25H24BrN3O5/c1-33-19-9-6-17(14-20(19)34-2)22-21(23(30)16-4-7-18(26)8-5-16)24(31)25(32)29(22)12-3-11-28-13-10-27-15-28/h4-10,13-15,22,30H,3,11-12H2,1-2H3/t22-/m0/s1. The number of ketones is 1. The number of aliphatic hydroxyl groups excluding tert-OH is 1. The summed E-state index contributed by atoms with van der Waals surface area (Å²) in [5.41, 5.74) is 1.13. The lowest BCUT2D eigenvalue weighted by molar-refractivity contribution is -0.139. The summed E-state index contributed by atoms with van der Waals surface area (Å²) in [5.74, 6) is -0.599. The number of aryl methyl sites for hydroxylation is 1. The third-order valence-electron chi connectivity index (χ3n) is 5.76. The maximum Gasteiger partial charge on any atom is 0.295 e. The van der Waals surface area contributed by atoms with Crippen LogP contribution in [0.4, 0.5) is 0 Å². The summed E-state index contributed by atoms with van der Waals surface area (Å²) in [6, 6.07) is 11.4. The smallest absolute Gasteiger partial charge is 0.295 e. The van der Waals surface area contributed by atoms with Crippen LogP contribution in [0.5, 0.6) is 11.5 Å². The molecule has 0 saturated carbocycles. The van der Waals surface area contributed by atoms with Gasteiger partial charge in [0.1, 0.15) is 5.76 Å². The highest BCUT2D eigenvalue weighted by atomic mass is 79.9. The van der Waals surface area contributed by atoms with E-state index in [0.29, 0.717) is 42.1 Å². The molecule has 2 heterocycles. The zero-order valence-electron chi connectivity index (χ0n) is 18.8. The molecule has 1 aliphatic rings. The molecule has 8 nitrogen and oxygen atoms in total. The number of halogens is 1. The topological polar surface area (TPSA) is 93.9 Å². The van der Waals surface area contributed by atoms with Crippen LogP contribution in [0.25, 0.3) is 5.76 Å². The number of rotatable bonds is 8. The Labute approximate surface area is 205 Å². The number of methoxy groups -OCH3 is 2. The zero-order chi connectivity index (χ0) is 24.2. The normalized spacial score (nSPS) is 17.3. The van der Waals surface area contributed by atoms with E-state index in [1.807, 2.05) is 10.8 Å². The summed E-state index contributed by atoms with van der Waals surface area (Å²) in [6.07, 6.45) is 5.83. The summed E-state index contributed by atoms with van der Waals surface area (Å²) in [6.45, 7) is 0.952. The van der Waals surface area contributed by atoms with Crippen LogP contribution < -0.4 is 9.47 Å². The number of carbonyl (C=O) groups excluding carboxylic acids is 2. The summed E-state index contributed by atoms with van der Waals surface area (Å²) in [4.78, 5) is 31.8. The van der Waals surface area contributed by atoms with Crippen LogP contribution in [0.2, 0.25) is 0 Å². The van der Waals surface area contributed by atoms with Crippen molar-refractivity contribution in [3.05, 3.63) is 82.4 Å². The molecular weight excluding hydrogens is 502 g/mol. The highest BCUT2D eigenvalue weighted by Gasteiger charge is 2.46. The van der Waals surface area contributed by atoms with Crippen molar-refractivity contribution >= 4 is 33.4 Å². The average molecular weight is 526 g/mol. The van der Waals surface area contributed by atoms with Crippen LogP contribution >= 0.6 is 15.9 Å². The van der Waals surface area contributed by atoms with Crippen LogP contribution in [0.15, 0.2) is 71.2 Å². The molecule has 1 fully saturated rings. The Morgan fingerprint density at radius 3 is 2.44 bits per heavy atom. The van der Waals surface area contributed by atoms with Gasteiger partial charge in [-0.1, -0.05) is 34.1 Å². The number of amides is 1. The van der Waals surface area contributed by atoms with E-state index in [9.17, 15) is 14.7 Å². The van der Waals surface area contributed by atoms with E-state index in [4.69, 9.17) is 9.47 Å². The van der Waals surface area contributed by atoms with Crippen molar-refractivity contribution in [1.82, 2.24) is 14.5 Å². The van der Waals surface area contributed by atoms with Gasteiger partial charge < -0.3 is 24.0 Å². The molecule has 1 amide bonds. The van der Waals surface area contributed by atoms with Gasteiger partial charge in [0.15, 0.2) is 11.5 Å². The van der Waals surface area contributed by atoms with Crippen molar-refractivity contribution in [3.8, 4) is 11.5 Å². The molecule has 0 aliphatic carbocycles. The fourth-order valence-corrected chi connectivity index (χ4v) is 4.35. The monoisotopic (exact) mass is 525 g/mol. The van der Waals surface area contributed by atoms with E-state index in [-0.39, 0.29) is 11.3 Å². The van der Waals surface area contributed by atoms with Crippen molar-refractivity contribution in [2.45, 2.75) is 19.0 Å². The minimum atomic E-state index is -0.772. The number of ether oxygens (including phenoxy) is 2. The second-order valence-corrected chi connectivity index (χ2v) is 8.68. The van der Waals surface area contributed by atoms with Crippen molar-refractivity contribution in [1.29, 1.82) is 0 Å². The average Bonchev–Trinajstić information content (AvgIpc) is 3.46. The predicted molar refractivity (Wildman–Crippen MR) is 130 cm³/mol. The number of Topliss-reactive ketones (excluding diaryl/α,β-unsaturated/α-hetero) is 1. The lowest BCUT2D eigenvalue weighted by atomic mass is 9.95. The Hall–Kier alpha value is -3.59. The van der Waals surface area contributed by atoms with E-state index in [0.717, 1.165) is 4.47 Å². The molecule has 9 heteroatoms. The quantitative estimate of drug-likeness (QED) is 0.269. The van der Waals surface area contributed by atoms with E-state index < -0.39 is 17.7 Å². The van der Waals surface area contributed by atoms with Crippen LogP contribution in [-0.2, 0) is 16.1 Å². The Morgan fingerprint density at radius 1 is 1.06 bits per heavy atom. The first-order valence-electron chi connectivity index (χ1n) is 10.7. The summed E-state index contributed by atoms with van der Waals surface area (Å²) in [5, 5.41) is 11.1. The molecule has 4 rings (SSSR count). The van der Waals surface area contributed by atoms with Crippen molar-refractivity contribution in [2.75, 3.05) is 20.8 Å². The van der Waals surface area contributed by atoms with E-state index in [1.165, 1.54) is 19.1 Å². The third-order valence-corrected chi connectivity index (χ3v) is 6.28. The van der Waals surface area contributed by atoms with Gasteiger partial charge in [-0.05, 0) is 36.2 Å². The minimum absolute atomic E-state index is 0.0437. The first-order chi connectivity index (χ1) is 16.4. The molecule has 1 saturated heterocycles. The van der Waals surface area contributed by atoms with Crippen LogP contribution in [-0.4, -0.2) is 52.0 Å². The third kappa shape index (κ3) is 4.56. The Morgan fingerprint density at radius 2 is 1.79 bits per heavy atom. The van der Waals surface area contributed by atoms with Gasteiger partial charge in [-0.15, -0.1) is 0 Å². The number of imidazole rings is 1. The largest absolute Gasteiger partial charge is 0.507 e. The van der Waals surface area contributed by atoms with Gasteiger partial charge in [0.2, 0.25) is 0 Å². The van der Waals surface area contributed by atoms with Gasteiger partial charge in [0, 0.05) is 35.5 Å². The molecule has 0 spiro atoms. The zero-order valence-corrected chi connectivity index (χ0v) is 20.4. The lowest BCUT2D eigenvalue weighted by Crippen LogP contribution is -2.31. The highest BCUT2D eigenvalue weighted by Crippen LogP contribution is 2.42. The minimum Gasteiger partial charge on any atom is -0.507 e. The van der Waals surface area contributed by atoms with E-state index in [1.54, 1.807) is 55.0 Å². The molecule has 176 valence electrons. The second kappa shape index (κ2) is 10.1. The Kier molecular flexibility index (Phi) is 7.02. The second-order valence-electron chi connectivity index (χ2n) is 7.77. The summed E-state index contributed by atoms with van der Waals surface area (Å²) in [7, 11) is 3.05. The number of hydrogen-bond acceptors (Lipinski definition) is 6. The first-order valence-corrected chi connectivity index (χ1v) is 11.5.